The summed E-state index contributed by atoms with van der Waals surface area (Å²) >= 11 is 1.36. The van der Waals surface area contributed by atoms with Crippen LogP contribution in [-0.4, -0.2) is 41.9 Å². The molecule has 7 heteroatoms. The molecule has 0 aliphatic rings. The van der Waals surface area contributed by atoms with Crippen molar-refractivity contribution in [2.75, 3.05) is 26.0 Å². The SMILES string of the molecule is COCCNC(=O)CSc1nc(-c2ccc(F)cc2)nc2c(C)cccc12. The lowest BCUT2D eigenvalue weighted by Gasteiger charge is -2.10. The molecule has 3 rings (SSSR count). The van der Waals surface area contributed by atoms with E-state index in [4.69, 9.17) is 4.74 Å². The third kappa shape index (κ3) is 4.81. The molecule has 1 heterocycles. The first-order chi connectivity index (χ1) is 13.1. The van der Waals surface area contributed by atoms with Crippen molar-refractivity contribution in [3.63, 3.8) is 0 Å². The summed E-state index contributed by atoms with van der Waals surface area (Å²) in [6.45, 7) is 2.93. The molecule has 0 aliphatic carbocycles. The maximum atomic E-state index is 13.2. The standard InChI is InChI=1S/C20H20FN3O2S/c1-13-4-3-5-16-18(13)23-19(14-6-8-15(21)9-7-14)24-20(16)27-12-17(25)22-10-11-26-2/h3-9H,10-12H2,1-2H3,(H,22,25). The highest BCUT2D eigenvalue weighted by Gasteiger charge is 2.13. The molecule has 0 saturated carbocycles. The number of carbonyl (C=O) groups excluding carboxylic acids is 1. The van der Waals surface area contributed by atoms with Gasteiger partial charge in [0.05, 0.1) is 17.9 Å². The zero-order chi connectivity index (χ0) is 19.2. The van der Waals surface area contributed by atoms with Crippen LogP contribution in [0.25, 0.3) is 22.3 Å². The molecule has 3 aromatic rings. The smallest absolute Gasteiger partial charge is 0.230 e. The largest absolute Gasteiger partial charge is 0.383 e. The van der Waals surface area contributed by atoms with Crippen LogP contribution in [0.1, 0.15) is 5.56 Å². The van der Waals surface area contributed by atoms with Crippen molar-refractivity contribution < 1.29 is 13.9 Å². The van der Waals surface area contributed by atoms with Crippen molar-refractivity contribution in [3.8, 4) is 11.4 Å². The minimum atomic E-state index is -0.307. The van der Waals surface area contributed by atoms with Crippen LogP contribution < -0.4 is 5.32 Å². The molecule has 0 fully saturated rings. The van der Waals surface area contributed by atoms with E-state index in [9.17, 15) is 9.18 Å². The van der Waals surface area contributed by atoms with E-state index in [1.165, 1.54) is 23.9 Å². The molecular formula is C20H20FN3O2S. The van der Waals surface area contributed by atoms with Gasteiger partial charge in [0.25, 0.3) is 0 Å². The molecule has 0 spiro atoms. The van der Waals surface area contributed by atoms with Gasteiger partial charge < -0.3 is 10.1 Å². The van der Waals surface area contributed by atoms with E-state index in [1.54, 1.807) is 19.2 Å². The summed E-state index contributed by atoms with van der Waals surface area (Å²) in [5.74, 6) is 0.365. The fourth-order valence-corrected chi connectivity index (χ4v) is 3.42. The van der Waals surface area contributed by atoms with E-state index in [0.717, 1.165) is 27.1 Å². The Morgan fingerprint density at radius 1 is 1.19 bits per heavy atom. The predicted octanol–water partition coefficient (Wildman–Crippen LogP) is 3.60. The molecule has 1 N–H and O–H groups in total. The summed E-state index contributed by atoms with van der Waals surface area (Å²) in [6, 6.07) is 12.0. The summed E-state index contributed by atoms with van der Waals surface area (Å²) in [4.78, 5) is 21.3. The number of rotatable bonds is 7. The number of halogens is 1. The number of carbonyl (C=O) groups is 1. The Morgan fingerprint density at radius 3 is 2.70 bits per heavy atom. The van der Waals surface area contributed by atoms with Gasteiger partial charge in [-0.15, -0.1) is 0 Å². The Balaban J connectivity index is 1.91. The molecule has 0 aliphatic heterocycles. The molecule has 0 bridgehead atoms. The van der Waals surface area contributed by atoms with E-state index in [0.29, 0.717) is 19.0 Å². The highest BCUT2D eigenvalue weighted by Crippen LogP contribution is 2.29. The van der Waals surface area contributed by atoms with E-state index < -0.39 is 0 Å². The lowest BCUT2D eigenvalue weighted by Crippen LogP contribution is -2.28. The average Bonchev–Trinajstić information content (AvgIpc) is 2.67. The number of ether oxygens (including phenoxy) is 1. The number of para-hydroxylation sites is 1. The van der Waals surface area contributed by atoms with Crippen molar-refractivity contribution in [1.82, 2.24) is 15.3 Å². The Labute approximate surface area is 161 Å². The highest BCUT2D eigenvalue weighted by atomic mass is 32.2. The van der Waals surface area contributed by atoms with Gasteiger partial charge in [-0.05, 0) is 36.8 Å². The van der Waals surface area contributed by atoms with Crippen LogP contribution in [0.4, 0.5) is 4.39 Å². The first-order valence-corrected chi connectivity index (χ1v) is 9.49. The normalized spacial score (nSPS) is 10.9. The minimum absolute atomic E-state index is 0.0835. The van der Waals surface area contributed by atoms with Gasteiger partial charge in [-0.25, -0.2) is 14.4 Å². The van der Waals surface area contributed by atoms with Crippen molar-refractivity contribution in [2.24, 2.45) is 0 Å². The van der Waals surface area contributed by atoms with E-state index in [-0.39, 0.29) is 17.5 Å². The second-order valence-corrected chi connectivity index (χ2v) is 6.93. The summed E-state index contributed by atoms with van der Waals surface area (Å²) in [6.07, 6.45) is 0. The molecule has 140 valence electrons. The number of hydrogen-bond donors (Lipinski definition) is 1. The molecule has 0 unspecified atom stereocenters. The first-order valence-electron chi connectivity index (χ1n) is 8.50. The summed E-state index contributed by atoms with van der Waals surface area (Å²) < 4.78 is 18.2. The number of aryl methyl sites for hydroxylation is 1. The topological polar surface area (TPSA) is 64.1 Å². The Hall–Kier alpha value is -2.51. The lowest BCUT2D eigenvalue weighted by atomic mass is 10.1. The Morgan fingerprint density at radius 2 is 1.96 bits per heavy atom. The van der Waals surface area contributed by atoms with Crippen LogP contribution in [0.2, 0.25) is 0 Å². The fourth-order valence-electron chi connectivity index (χ4n) is 2.58. The summed E-state index contributed by atoms with van der Waals surface area (Å²) in [7, 11) is 1.59. The number of fused-ring (bicyclic) bond motifs is 1. The number of aromatic nitrogens is 2. The van der Waals surface area contributed by atoms with Crippen molar-refractivity contribution >= 4 is 28.6 Å². The maximum Gasteiger partial charge on any atom is 0.230 e. The maximum absolute atomic E-state index is 13.2. The Bertz CT molecular complexity index is 948. The quantitative estimate of drug-likeness (QED) is 0.382. The number of thioether (sulfide) groups is 1. The highest BCUT2D eigenvalue weighted by molar-refractivity contribution is 8.00. The number of nitrogens with zero attached hydrogens (tertiary/aromatic N) is 2. The van der Waals surface area contributed by atoms with Crippen LogP contribution in [-0.2, 0) is 9.53 Å². The van der Waals surface area contributed by atoms with Crippen molar-refractivity contribution in [2.45, 2.75) is 11.9 Å². The fraction of sp³-hybridized carbons (Fsp3) is 0.250. The van der Waals surface area contributed by atoms with Gasteiger partial charge in [0.2, 0.25) is 5.91 Å². The van der Waals surface area contributed by atoms with Crippen molar-refractivity contribution in [1.29, 1.82) is 0 Å². The molecule has 2 aromatic carbocycles. The van der Waals surface area contributed by atoms with E-state index in [2.05, 4.69) is 15.3 Å². The lowest BCUT2D eigenvalue weighted by molar-refractivity contribution is -0.118. The second-order valence-electron chi connectivity index (χ2n) is 5.96. The first kappa shape index (κ1) is 19.3. The molecule has 1 aromatic heterocycles. The minimum Gasteiger partial charge on any atom is -0.383 e. The van der Waals surface area contributed by atoms with Crippen LogP contribution in [0, 0.1) is 12.7 Å². The zero-order valence-corrected chi connectivity index (χ0v) is 16.0. The number of methoxy groups -OCH3 is 1. The van der Waals surface area contributed by atoms with Gasteiger partial charge in [0.15, 0.2) is 5.82 Å². The van der Waals surface area contributed by atoms with E-state index in [1.807, 2.05) is 25.1 Å². The van der Waals surface area contributed by atoms with Gasteiger partial charge in [0, 0.05) is 24.6 Å². The van der Waals surface area contributed by atoms with Gasteiger partial charge >= 0.3 is 0 Å². The monoisotopic (exact) mass is 385 g/mol. The molecular weight excluding hydrogens is 365 g/mol. The third-order valence-corrected chi connectivity index (χ3v) is 4.96. The second kappa shape index (κ2) is 8.92. The molecule has 0 saturated heterocycles. The number of amides is 1. The predicted molar refractivity (Wildman–Crippen MR) is 105 cm³/mol. The van der Waals surface area contributed by atoms with E-state index >= 15 is 0 Å². The molecule has 27 heavy (non-hydrogen) atoms. The van der Waals surface area contributed by atoms with Crippen molar-refractivity contribution in [3.05, 3.63) is 53.8 Å². The number of benzene rings is 2. The van der Waals surface area contributed by atoms with Gasteiger partial charge in [-0.1, -0.05) is 30.0 Å². The van der Waals surface area contributed by atoms with Crippen LogP contribution >= 0.6 is 11.8 Å². The molecule has 0 atom stereocenters. The number of hydrogen-bond acceptors (Lipinski definition) is 5. The molecule has 5 nitrogen and oxygen atoms in total. The third-order valence-electron chi connectivity index (χ3n) is 3.96. The molecule has 0 radical (unpaired) electrons. The summed E-state index contributed by atoms with van der Waals surface area (Å²) in [5.41, 5.74) is 2.58. The van der Waals surface area contributed by atoms with Crippen LogP contribution in [0.5, 0.6) is 0 Å². The van der Waals surface area contributed by atoms with Gasteiger partial charge in [0.1, 0.15) is 10.8 Å². The van der Waals surface area contributed by atoms with Gasteiger partial charge in [-0.2, -0.15) is 0 Å². The van der Waals surface area contributed by atoms with Gasteiger partial charge in [-0.3, -0.25) is 4.79 Å². The zero-order valence-electron chi connectivity index (χ0n) is 15.2. The van der Waals surface area contributed by atoms with Crippen LogP contribution in [0.15, 0.2) is 47.5 Å². The summed E-state index contributed by atoms with van der Waals surface area (Å²) in [5, 5.41) is 4.42. The Kier molecular flexibility index (Phi) is 6.36. The average molecular weight is 385 g/mol. The van der Waals surface area contributed by atoms with Crippen LogP contribution in [0.3, 0.4) is 0 Å². The number of nitrogens with one attached hydrogen (secondary N) is 1. The molecule has 1 amide bonds.